The molecule has 2 rings (SSSR count). The minimum atomic E-state index is 0.0388. The van der Waals surface area contributed by atoms with Crippen LogP contribution in [0.1, 0.15) is 36.6 Å². The van der Waals surface area contributed by atoms with Crippen LogP contribution < -0.4 is 5.56 Å². The molecule has 0 aliphatic rings. The Kier molecular flexibility index (Phi) is 3.18. The van der Waals surface area contributed by atoms with Crippen molar-refractivity contribution in [3.05, 3.63) is 57.5 Å². The molecule has 0 unspecified atom stereocenters. The van der Waals surface area contributed by atoms with Crippen molar-refractivity contribution in [2.45, 2.75) is 33.2 Å². The number of benzene rings is 1. The molecular formula is C14H18N2O. The standard InChI is InChI=1S/C14H18N2O/c1-10(2)13-8-14(17)16(15-13)9-12-7-5-4-6-11(12)3/h4-8,10,15H,9H2,1-3H3. The molecule has 3 nitrogen and oxygen atoms in total. The van der Waals surface area contributed by atoms with Crippen molar-refractivity contribution in [2.75, 3.05) is 0 Å². The predicted octanol–water partition coefficient (Wildman–Crippen LogP) is 2.66. The maximum Gasteiger partial charge on any atom is 0.267 e. The number of aryl methyl sites for hydroxylation is 1. The molecule has 0 aliphatic carbocycles. The van der Waals surface area contributed by atoms with Crippen LogP contribution in [0, 0.1) is 6.92 Å². The third kappa shape index (κ3) is 2.49. The number of nitrogens with one attached hydrogen (secondary N) is 1. The van der Waals surface area contributed by atoms with E-state index in [-0.39, 0.29) is 5.56 Å². The molecule has 3 heteroatoms. The molecule has 2 aromatic rings. The van der Waals surface area contributed by atoms with Gasteiger partial charge in [-0.1, -0.05) is 38.1 Å². The van der Waals surface area contributed by atoms with Gasteiger partial charge in [0.2, 0.25) is 0 Å². The minimum Gasteiger partial charge on any atom is -0.299 e. The van der Waals surface area contributed by atoms with Gasteiger partial charge < -0.3 is 0 Å². The fourth-order valence-corrected chi connectivity index (χ4v) is 1.83. The third-order valence-electron chi connectivity index (χ3n) is 3.02. The second-order valence-electron chi connectivity index (χ2n) is 4.72. The van der Waals surface area contributed by atoms with Crippen LogP contribution in [0.3, 0.4) is 0 Å². The van der Waals surface area contributed by atoms with Crippen molar-refractivity contribution in [1.29, 1.82) is 0 Å². The summed E-state index contributed by atoms with van der Waals surface area (Å²) >= 11 is 0. The Morgan fingerprint density at radius 2 is 2.00 bits per heavy atom. The summed E-state index contributed by atoms with van der Waals surface area (Å²) < 4.78 is 1.66. The summed E-state index contributed by atoms with van der Waals surface area (Å²) in [5.74, 6) is 0.348. The van der Waals surface area contributed by atoms with Crippen LogP contribution in [-0.2, 0) is 6.54 Å². The van der Waals surface area contributed by atoms with Gasteiger partial charge in [-0.25, -0.2) is 4.68 Å². The molecule has 0 spiro atoms. The van der Waals surface area contributed by atoms with Gasteiger partial charge in [0.25, 0.3) is 5.56 Å². The van der Waals surface area contributed by atoms with Crippen molar-refractivity contribution >= 4 is 0 Å². The van der Waals surface area contributed by atoms with Gasteiger partial charge >= 0.3 is 0 Å². The van der Waals surface area contributed by atoms with Gasteiger partial charge in [0.1, 0.15) is 0 Å². The number of H-pyrrole nitrogens is 1. The molecule has 0 radical (unpaired) electrons. The van der Waals surface area contributed by atoms with E-state index in [2.05, 4.69) is 38.0 Å². The van der Waals surface area contributed by atoms with Crippen LogP contribution >= 0.6 is 0 Å². The topological polar surface area (TPSA) is 37.8 Å². The van der Waals surface area contributed by atoms with E-state index in [1.54, 1.807) is 10.7 Å². The molecule has 0 aliphatic heterocycles. The first-order valence-electron chi connectivity index (χ1n) is 5.92. The third-order valence-corrected chi connectivity index (χ3v) is 3.02. The zero-order valence-corrected chi connectivity index (χ0v) is 10.5. The highest BCUT2D eigenvalue weighted by molar-refractivity contribution is 5.25. The molecular weight excluding hydrogens is 212 g/mol. The van der Waals surface area contributed by atoms with Gasteiger partial charge in [-0.3, -0.25) is 9.89 Å². The van der Waals surface area contributed by atoms with E-state index >= 15 is 0 Å². The molecule has 0 fully saturated rings. The molecule has 0 saturated carbocycles. The molecule has 1 N–H and O–H groups in total. The highest BCUT2D eigenvalue weighted by Gasteiger charge is 2.07. The first-order chi connectivity index (χ1) is 8.08. The molecule has 0 saturated heterocycles. The fraction of sp³-hybridized carbons (Fsp3) is 0.357. The van der Waals surface area contributed by atoms with Crippen LogP contribution in [0.15, 0.2) is 35.1 Å². The van der Waals surface area contributed by atoms with Gasteiger partial charge in [0.15, 0.2) is 0 Å². The quantitative estimate of drug-likeness (QED) is 0.864. The summed E-state index contributed by atoms with van der Waals surface area (Å²) in [6.07, 6.45) is 0. The Hall–Kier alpha value is -1.77. The van der Waals surface area contributed by atoms with Crippen molar-refractivity contribution in [3.63, 3.8) is 0 Å². The smallest absolute Gasteiger partial charge is 0.267 e. The van der Waals surface area contributed by atoms with Gasteiger partial charge in [-0.05, 0) is 24.0 Å². The lowest BCUT2D eigenvalue weighted by atomic mass is 10.1. The summed E-state index contributed by atoms with van der Waals surface area (Å²) in [6.45, 7) is 6.82. The average molecular weight is 230 g/mol. The summed E-state index contributed by atoms with van der Waals surface area (Å²) in [5, 5.41) is 3.16. The van der Waals surface area contributed by atoms with Crippen LogP contribution in [0.5, 0.6) is 0 Å². The zero-order chi connectivity index (χ0) is 12.4. The van der Waals surface area contributed by atoms with Gasteiger partial charge in [-0.15, -0.1) is 0 Å². The van der Waals surface area contributed by atoms with E-state index in [0.29, 0.717) is 12.5 Å². The number of hydrogen-bond donors (Lipinski definition) is 1. The van der Waals surface area contributed by atoms with Crippen LogP contribution in [-0.4, -0.2) is 9.78 Å². The van der Waals surface area contributed by atoms with Crippen LogP contribution in [0.2, 0.25) is 0 Å². The first-order valence-corrected chi connectivity index (χ1v) is 5.92. The molecule has 0 bridgehead atoms. The molecule has 90 valence electrons. The van der Waals surface area contributed by atoms with Crippen molar-refractivity contribution in [1.82, 2.24) is 9.78 Å². The van der Waals surface area contributed by atoms with E-state index in [0.717, 1.165) is 5.69 Å². The molecule has 1 aromatic heterocycles. The number of aromatic nitrogens is 2. The van der Waals surface area contributed by atoms with E-state index < -0.39 is 0 Å². The van der Waals surface area contributed by atoms with Crippen molar-refractivity contribution in [2.24, 2.45) is 0 Å². The van der Waals surface area contributed by atoms with E-state index in [1.165, 1.54) is 11.1 Å². The van der Waals surface area contributed by atoms with E-state index in [9.17, 15) is 4.79 Å². The van der Waals surface area contributed by atoms with Crippen LogP contribution in [0.25, 0.3) is 0 Å². The van der Waals surface area contributed by atoms with E-state index in [4.69, 9.17) is 0 Å². The molecule has 0 atom stereocenters. The number of rotatable bonds is 3. The first kappa shape index (κ1) is 11.7. The largest absolute Gasteiger partial charge is 0.299 e. The van der Waals surface area contributed by atoms with Crippen molar-refractivity contribution < 1.29 is 0 Å². The highest BCUT2D eigenvalue weighted by atomic mass is 16.1. The Balaban J connectivity index is 2.31. The maximum absolute atomic E-state index is 11.8. The van der Waals surface area contributed by atoms with Gasteiger partial charge in [-0.2, -0.15) is 0 Å². The van der Waals surface area contributed by atoms with Gasteiger partial charge in [0.05, 0.1) is 6.54 Å². The Morgan fingerprint density at radius 3 is 2.59 bits per heavy atom. The highest BCUT2D eigenvalue weighted by Crippen LogP contribution is 2.11. The Morgan fingerprint density at radius 1 is 1.29 bits per heavy atom. The number of aromatic amines is 1. The molecule has 0 amide bonds. The van der Waals surface area contributed by atoms with Gasteiger partial charge in [0, 0.05) is 11.8 Å². The normalized spacial score (nSPS) is 11.1. The fourth-order valence-electron chi connectivity index (χ4n) is 1.83. The summed E-state index contributed by atoms with van der Waals surface area (Å²) in [6, 6.07) is 9.81. The number of hydrogen-bond acceptors (Lipinski definition) is 1. The lowest BCUT2D eigenvalue weighted by Crippen LogP contribution is -2.17. The summed E-state index contributed by atoms with van der Waals surface area (Å²) in [4.78, 5) is 11.8. The lowest BCUT2D eigenvalue weighted by Gasteiger charge is -2.06. The summed E-state index contributed by atoms with van der Waals surface area (Å²) in [5.41, 5.74) is 3.41. The molecule has 1 aromatic carbocycles. The Bertz CT molecular complexity index is 564. The Labute approximate surface area is 101 Å². The maximum atomic E-state index is 11.8. The number of nitrogens with zero attached hydrogens (tertiary/aromatic N) is 1. The lowest BCUT2D eigenvalue weighted by molar-refractivity contribution is 0.638. The van der Waals surface area contributed by atoms with Crippen molar-refractivity contribution in [3.8, 4) is 0 Å². The molecule has 17 heavy (non-hydrogen) atoms. The second-order valence-corrected chi connectivity index (χ2v) is 4.72. The monoisotopic (exact) mass is 230 g/mol. The minimum absolute atomic E-state index is 0.0388. The average Bonchev–Trinajstić information content (AvgIpc) is 2.64. The van der Waals surface area contributed by atoms with Crippen LogP contribution in [0.4, 0.5) is 0 Å². The predicted molar refractivity (Wildman–Crippen MR) is 69.4 cm³/mol. The zero-order valence-electron chi connectivity index (χ0n) is 10.5. The summed E-state index contributed by atoms with van der Waals surface area (Å²) in [7, 11) is 0. The second kappa shape index (κ2) is 4.62. The SMILES string of the molecule is Cc1ccccc1Cn1[nH]c(C(C)C)cc1=O. The van der Waals surface area contributed by atoms with E-state index in [1.807, 2.05) is 12.1 Å². The molecule has 1 heterocycles.